The van der Waals surface area contributed by atoms with Gasteiger partial charge < -0.3 is 10.5 Å². The summed E-state index contributed by atoms with van der Waals surface area (Å²) in [5, 5.41) is 0.670. The third-order valence-corrected chi connectivity index (χ3v) is 3.99. The van der Waals surface area contributed by atoms with Crippen molar-refractivity contribution >= 4 is 11.6 Å². The summed E-state index contributed by atoms with van der Waals surface area (Å²) in [7, 11) is 0. The SMILES string of the molecule is NC(COc1cccc(Cl)c1)C1CCc2cccnc21. The van der Waals surface area contributed by atoms with Crippen molar-refractivity contribution in [1.82, 2.24) is 4.98 Å². The fraction of sp³-hybridized carbons (Fsp3) is 0.312. The average Bonchev–Trinajstić information content (AvgIpc) is 2.89. The average molecular weight is 289 g/mol. The Bertz CT molecular complexity index is 603. The number of rotatable bonds is 4. The number of hydrogen-bond donors (Lipinski definition) is 1. The molecule has 2 aromatic rings. The Balaban J connectivity index is 1.65. The van der Waals surface area contributed by atoms with Gasteiger partial charge in [0.2, 0.25) is 0 Å². The Morgan fingerprint density at radius 3 is 3.10 bits per heavy atom. The lowest BCUT2D eigenvalue weighted by Gasteiger charge is -2.20. The number of halogens is 1. The molecule has 1 aliphatic carbocycles. The van der Waals surface area contributed by atoms with Crippen molar-refractivity contribution in [1.29, 1.82) is 0 Å². The smallest absolute Gasteiger partial charge is 0.120 e. The molecule has 0 radical (unpaired) electrons. The molecule has 0 saturated carbocycles. The van der Waals surface area contributed by atoms with Crippen LogP contribution in [0.15, 0.2) is 42.6 Å². The summed E-state index contributed by atoms with van der Waals surface area (Å²) in [6.45, 7) is 0.473. The quantitative estimate of drug-likeness (QED) is 0.940. The Labute approximate surface area is 123 Å². The predicted octanol–water partition coefficient (Wildman–Crippen LogP) is 3.17. The molecule has 20 heavy (non-hydrogen) atoms. The van der Waals surface area contributed by atoms with Gasteiger partial charge in [0, 0.05) is 28.9 Å². The number of ether oxygens (including phenoxy) is 1. The molecule has 1 aromatic carbocycles. The molecule has 0 aliphatic heterocycles. The van der Waals surface area contributed by atoms with Gasteiger partial charge in [-0.2, -0.15) is 0 Å². The van der Waals surface area contributed by atoms with Crippen molar-refractivity contribution in [2.75, 3.05) is 6.61 Å². The van der Waals surface area contributed by atoms with Crippen LogP contribution in [-0.2, 0) is 6.42 Å². The van der Waals surface area contributed by atoms with Crippen LogP contribution in [0.2, 0.25) is 5.02 Å². The Morgan fingerprint density at radius 1 is 1.35 bits per heavy atom. The number of pyridine rings is 1. The highest BCUT2D eigenvalue weighted by Crippen LogP contribution is 2.33. The van der Waals surface area contributed by atoms with E-state index in [1.165, 1.54) is 5.56 Å². The number of nitrogens with two attached hydrogens (primary N) is 1. The Hall–Kier alpha value is -1.58. The largest absolute Gasteiger partial charge is 0.492 e. The van der Waals surface area contributed by atoms with E-state index in [4.69, 9.17) is 22.1 Å². The van der Waals surface area contributed by atoms with Crippen molar-refractivity contribution in [2.45, 2.75) is 24.8 Å². The number of aryl methyl sites for hydroxylation is 1. The highest BCUT2D eigenvalue weighted by molar-refractivity contribution is 6.30. The van der Waals surface area contributed by atoms with Gasteiger partial charge in [-0.05, 0) is 42.7 Å². The van der Waals surface area contributed by atoms with Crippen LogP contribution in [0.1, 0.15) is 23.6 Å². The molecular formula is C16H17ClN2O. The summed E-state index contributed by atoms with van der Waals surface area (Å²) >= 11 is 5.93. The van der Waals surface area contributed by atoms with Gasteiger partial charge in [0.05, 0.1) is 0 Å². The second kappa shape index (κ2) is 5.81. The number of fused-ring (bicyclic) bond motifs is 1. The number of hydrogen-bond acceptors (Lipinski definition) is 3. The summed E-state index contributed by atoms with van der Waals surface area (Å²) in [4.78, 5) is 4.47. The maximum absolute atomic E-state index is 6.28. The third kappa shape index (κ3) is 2.79. The fourth-order valence-electron chi connectivity index (χ4n) is 2.73. The lowest BCUT2D eigenvalue weighted by atomic mass is 9.98. The monoisotopic (exact) mass is 288 g/mol. The molecule has 3 nitrogen and oxygen atoms in total. The lowest BCUT2D eigenvalue weighted by molar-refractivity contribution is 0.268. The van der Waals surface area contributed by atoms with Crippen LogP contribution in [0, 0.1) is 0 Å². The van der Waals surface area contributed by atoms with Crippen LogP contribution in [0.3, 0.4) is 0 Å². The molecule has 1 heterocycles. The number of benzene rings is 1. The van der Waals surface area contributed by atoms with E-state index in [-0.39, 0.29) is 12.0 Å². The minimum Gasteiger partial charge on any atom is -0.492 e. The van der Waals surface area contributed by atoms with Crippen molar-refractivity contribution in [3.05, 3.63) is 58.9 Å². The van der Waals surface area contributed by atoms with Crippen LogP contribution in [0.4, 0.5) is 0 Å². The van der Waals surface area contributed by atoms with Gasteiger partial charge in [-0.3, -0.25) is 4.98 Å². The molecule has 1 aromatic heterocycles. The standard InChI is InChI=1S/C16H17ClN2O/c17-12-4-1-5-13(9-12)20-10-15(18)14-7-6-11-3-2-8-19-16(11)14/h1-5,8-9,14-15H,6-7,10,18H2. The molecule has 0 amide bonds. The van der Waals surface area contributed by atoms with Crippen molar-refractivity contribution in [3.63, 3.8) is 0 Å². The maximum Gasteiger partial charge on any atom is 0.120 e. The maximum atomic E-state index is 6.28. The van der Waals surface area contributed by atoms with E-state index >= 15 is 0 Å². The van der Waals surface area contributed by atoms with E-state index in [9.17, 15) is 0 Å². The molecule has 2 unspecified atom stereocenters. The first-order chi connectivity index (χ1) is 9.74. The van der Waals surface area contributed by atoms with Crippen LogP contribution in [0.5, 0.6) is 5.75 Å². The third-order valence-electron chi connectivity index (χ3n) is 3.76. The van der Waals surface area contributed by atoms with E-state index in [1.54, 1.807) is 6.07 Å². The van der Waals surface area contributed by atoms with Crippen LogP contribution >= 0.6 is 11.6 Å². The number of aromatic nitrogens is 1. The molecule has 3 rings (SSSR count). The van der Waals surface area contributed by atoms with E-state index in [0.717, 1.165) is 24.3 Å². The van der Waals surface area contributed by atoms with Crippen molar-refractivity contribution < 1.29 is 4.74 Å². The summed E-state index contributed by atoms with van der Waals surface area (Å²) in [5.74, 6) is 1.04. The van der Waals surface area contributed by atoms with E-state index in [2.05, 4.69) is 11.1 Å². The fourth-order valence-corrected chi connectivity index (χ4v) is 2.91. The molecule has 0 bridgehead atoms. The topological polar surface area (TPSA) is 48.1 Å². The van der Waals surface area contributed by atoms with E-state index < -0.39 is 0 Å². The molecule has 0 saturated heterocycles. The second-order valence-corrected chi connectivity index (χ2v) is 5.56. The summed E-state index contributed by atoms with van der Waals surface area (Å²) < 4.78 is 5.74. The second-order valence-electron chi connectivity index (χ2n) is 5.13. The first-order valence-corrected chi connectivity index (χ1v) is 7.19. The van der Waals surface area contributed by atoms with Gasteiger partial charge in [-0.1, -0.05) is 23.7 Å². The van der Waals surface area contributed by atoms with Gasteiger partial charge in [-0.15, -0.1) is 0 Å². The lowest BCUT2D eigenvalue weighted by Crippen LogP contribution is -2.34. The predicted molar refractivity (Wildman–Crippen MR) is 80.2 cm³/mol. The zero-order valence-electron chi connectivity index (χ0n) is 11.1. The zero-order valence-corrected chi connectivity index (χ0v) is 11.9. The molecule has 0 spiro atoms. The van der Waals surface area contributed by atoms with Crippen LogP contribution in [-0.4, -0.2) is 17.6 Å². The van der Waals surface area contributed by atoms with E-state index in [1.807, 2.05) is 30.5 Å². The first-order valence-electron chi connectivity index (χ1n) is 6.82. The molecular weight excluding hydrogens is 272 g/mol. The van der Waals surface area contributed by atoms with Gasteiger partial charge in [0.15, 0.2) is 0 Å². The van der Waals surface area contributed by atoms with Crippen molar-refractivity contribution in [3.8, 4) is 5.75 Å². The zero-order chi connectivity index (χ0) is 13.9. The highest BCUT2D eigenvalue weighted by Gasteiger charge is 2.29. The minimum absolute atomic E-state index is 0.0508. The molecule has 4 heteroatoms. The molecule has 1 aliphatic rings. The highest BCUT2D eigenvalue weighted by atomic mass is 35.5. The Kier molecular flexibility index (Phi) is 3.90. The molecule has 104 valence electrons. The van der Waals surface area contributed by atoms with Gasteiger partial charge in [0.1, 0.15) is 12.4 Å². The van der Waals surface area contributed by atoms with Crippen LogP contribution in [0.25, 0.3) is 0 Å². The summed E-state index contributed by atoms with van der Waals surface area (Å²) in [5.41, 5.74) is 8.73. The Morgan fingerprint density at radius 2 is 2.25 bits per heavy atom. The summed E-state index contributed by atoms with van der Waals surface area (Å²) in [6.07, 6.45) is 3.94. The molecule has 0 fully saturated rings. The van der Waals surface area contributed by atoms with Gasteiger partial charge in [0.25, 0.3) is 0 Å². The number of nitrogens with zero attached hydrogens (tertiary/aromatic N) is 1. The molecule has 2 atom stereocenters. The normalized spacial score (nSPS) is 18.6. The van der Waals surface area contributed by atoms with Gasteiger partial charge >= 0.3 is 0 Å². The van der Waals surface area contributed by atoms with E-state index in [0.29, 0.717) is 11.6 Å². The molecule has 2 N–H and O–H groups in total. The van der Waals surface area contributed by atoms with Crippen LogP contribution < -0.4 is 10.5 Å². The van der Waals surface area contributed by atoms with Gasteiger partial charge in [-0.25, -0.2) is 0 Å². The van der Waals surface area contributed by atoms with Crippen molar-refractivity contribution in [2.24, 2.45) is 5.73 Å². The summed E-state index contributed by atoms with van der Waals surface area (Å²) in [6, 6.07) is 11.4. The first kappa shape index (κ1) is 13.4. The minimum atomic E-state index is -0.0508.